The van der Waals surface area contributed by atoms with Gasteiger partial charge in [-0.1, -0.05) is 19.1 Å². The highest BCUT2D eigenvalue weighted by molar-refractivity contribution is 9.10. The monoisotopic (exact) mass is 295 g/mol. The van der Waals surface area contributed by atoms with Crippen LogP contribution in [-0.2, 0) is 0 Å². The van der Waals surface area contributed by atoms with Crippen LogP contribution in [-0.4, -0.2) is 24.4 Å². The molecule has 3 heteroatoms. The van der Waals surface area contributed by atoms with Gasteiger partial charge in [0, 0.05) is 18.1 Å². The Morgan fingerprint density at radius 2 is 2.18 bits per heavy atom. The standard InChI is InChI=1S/C14H18BrNO/c1-9-5-4-6-12(13(9)15)14(17)16(3)8-11-7-10(11)2/h4-6,10-11H,7-8H2,1-3H3. The van der Waals surface area contributed by atoms with Gasteiger partial charge in [0.25, 0.3) is 5.91 Å². The average Bonchev–Trinajstić information content (AvgIpc) is 2.97. The molecule has 17 heavy (non-hydrogen) atoms. The van der Waals surface area contributed by atoms with E-state index in [0.29, 0.717) is 5.92 Å². The molecule has 0 N–H and O–H groups in total. The topological polar surface area (TPSA) is 20.3 Å². The van der Waals surface area contributed by atoms with E-state index in [0.717, 1.165) is 28.1 Å². The number of halogens is 1. The number of aryl methyl sites for hydroxylation is 1. The number of hydrogen-bond donors (Lipinski definition) is 0. The Labute approximate surface area is 111 Å². The molecule has 0 radical (unpaired) electrons. The maximum atomic E-state index is 12.3. The van der Waals surface area contributed by atoms with Crippen molar-refractivity contribution in [2.24, 2.45) is 11.8 Å². The van der Waals surface area contributed by atoms with E-state index in [2.05, 4.69) is 22.9 Å². The van der Waals surface area contributed by atoms with Crippen molar-refractivity contribution < 1.29 is 4.79 Å². The van der Waals surface area contributed by atoms with Gasteiger partial charge in [0.05, 0.1) is 5.56 Å². The number of rotatable bonds is 3. The minimum Gasteiger partial charge on any atom is -0.341 e. The quantitative estimate of drug-likeness (QED) is 0.836. The Kier molecular flexibility index (Phi) is 3.57. The molecule has 1 aliphatic rings. The van der Waals surface area contributed by atoms with Crippen LogP contribution in [0.25, 0.3) is 0 Å². The predicted octanol–water partition coefficient (Wildman–Crippen LogP) is 3.49. The minimum atomic E-state index is 0.111. The van der Waals surface area contributed by atoms with Gasteiger partial charge in [-0.05, 0) is 52.7 Å². The molecule has 1 aromatic rings. The highest BCUT2D eigenvalue weighted by atomic mass is 79.9. The lowest BCUT2D eigenvalue weighted by atomic mass is 10.1. The fourth-order valence-corrected chi connectivity index (χ4v) is 2.54. The van der Waals surface area contributed by atoms with E-state index < -0.39 is 0 Å². The van der Waals surface area contributed by atoms with Crippen LogP contribution in [0.1, 0.15) is 29.3 Å². The summed E-state index contributed by atoms with van der Waals surface area (Å²) in [6.45, 7) is 5.12. The maximum absolute atomic E-state index is 12.3. The summed E-state index contributed by atoms with van der Waals surface area (Å²) in [5, 5.41) is 0. The van der Waals surface area contributed by atoms with E-state index >= 15 is 0 Å². The van der Waals surface area contributed by atoms with Crippen molar-refractivity contribution in [2.75, 3.05) is 13.6 Å². The number of benzene rings is 1. The molecule has 2 unspecified atom stereocenters. The molecule has 0 aliphatic heterocycles. The molecule has 0 saturated heterocycles. The van der Waals surface area contributed by atoms with Crippen LogP contribution < -0.4 is 0 Å². The van der Waals surface area contributed by atoms with Crippen LogP contribution in [0.15, 0.2) is 22.7 Å². The third kappa shape index (κ3) is 2.71. The summed E-state index contributed by atoms with van der Waals surface area (Å²) < 4.78 is 0.917. The summed E-state index contributed by atoms with van der Waals surface area (Å²) in [7, 11) is 1.89. The molecule has 2 atom stereocenters. The summed E-state index contributed by atoms with van der Waals surface area (Å²) in [6.07, 6.45) is 1.26. The van der Waals surface area contributed by atoms with Gasteiger partial charge >= 0.3 is 0 Å². The second kappa shape index (κ2) is 4.81. The number of nitrogens with zero attached hydrogens (tertiary/aromatic N) is 1. The van der Waals surface area contributed by atoms with Crippen LogP contribution in [0.4, 0.5) is 0 Å². The van der Waals surface area contributed by atoms with E-state index in [1.807, 2.05) is 37.1 Å². The zero-order valence-corrected chi connectivity index (χ0v) is 12.1. The van der Waals surface area contributed by atoms with E-state index in [9.17, 15) is 4.79 Å². The van der Waals surface area contributed by atoms with E-state index in [-0.39, 0.29) is 5.91 Å². The van der Waals surface area contributed by atoms with Crippen LogP contribution >= 0.6 is 15.9 Å². The fraction of sp³-hybridized carbons (Fsp3) is 0.500. The normalized spacial score (nSPS) is 22.4. The molecule has 1 aliphatic carbocycles. The summed E-state index contributed by atoms with van der Waals surface area (Å²) in [5.74, 6) is 1.60. The van der Waals surface area contributed by atoms with E-state index in [4.69, 9.17) is 0 Å². The van der Waals surface area contributed by atoms with E-state index in [1.54, 1.807) is 0 Å². The molecular formula is C14H18BrNO. The van der Waals surface area contributed by atoms with Gasteiger partial charge in [-0.25, -0.2) is 0 Å². The number of carbonyl (C=O) groups excluding carboxylic acids is 1. The summed E-state index contributed by atoms with van der Waals surface area (Å²) in [6, 6.07) is 5.82. The lowest BCUT2D eigenvalue weighted by Crippen LogP contribution is -2.29. The zero-order valence-electron chi connectivity index (χ0n) is 10.5. The Morgan fingerprint density at radius 1 is 1.53 bits per heavy atom. The molecule has 92 valence electrons. The third-order valence-corrected chi connectivity index (χ3v) is 4.61. The van der Waals surface area contributed by atoms with Crippen molar-refractivity contribution in [3.8, 4) is 0 Å². The molecule has 1 fully saturated rings. The Morgan fingerprint density at radius 3 is 2.76 bits per heavy atom. The molecule has 1 saturated carbocycles. The molecule has 2 nitrogen and oxygen atoms in total. The first kappa shape index (κ1) is 12.6. The number of amides is 1. The van der Waals surface area contributed by atoms with Gasteiger partial charge in [0.2, 0.25) is 0 Å². The highest BCUT2D eigenvalue weighted by Crippen LogP contribution is 2.38. The largest absolute Gasteiger partial charge is 0.341 e. The molecule has 0 bridgehead atoms. The van der Waals surface area contributed by atoms with Crippen molar-refractivity contribution in [3.63, 3.8) is 0 Å². The summed E-state index contributed by atoms with van der Waals surface area (Å²) in [4.78, 5) is 14.1. The van der Waals surface area contributed by atoms with Gasteiger partial charge < -0.3 is 4.90 Å². The molecule has 2 rings (SSSR count). The van der Waals surface area contributed by atoms with Crippen LogP contribution in [0.2, 0.25) is 0 Å². The Bertz CT molecular complexity index is 444. The maximum Gasteiger partial charge on any atom is 0.254 e. The lowest BCUT2D eigenvalue weighted by molar-refractivity contribution is 0.0786. The van der Waals surface area contributed by atoms with Crippen molar-refractivity contribution >= 4 is 21.8 Å². The first-order valence-corrected chi connectivity index (χ1v) is 6.80. The summed E-state index contributed by atoms with van der Waals surface area (Å²) in [5.41, 5.74) is 1.87. The van der Waals surface area contributed by atoms with Crippen molar-refractivity contribution in [1.29, 1.82) is 0 Å². The number of hydrogen-bond acceptors (Lipinski definition) is 1. The molecular weight excluding hydrogens is 278 g/mol. The van der Waals surface area contributed by atoms with Gasteiger partial charge in [-0.3, -0.25) is 4.79 Å². The first-order valence-electron chi connectivity index (χ1n) is 6.01. The third-order valence-electron chi connectivity index (χ3n) is 3.55. The first-order chi connectivity index (χ1) is 8.00. The van der Waals surface area contributed by atoms with Crippen LogP contribution in [0.5, 0.6) is 0 Å². The van der Waals surface area contributed by atoms with Gasteiger partial charge in [0.1, 0.15) is 0 Å². The number of carbonyl (C=O) groups is 1. The van der Waals surface area contributed by atoms with Crippen molar-refractivity contribution in [1.82, 2.24) is 4.90 Å². The second-order valence-corrected chi connectivity index (χ2v) is 5.89. The Balaban J connectivity index is 2.10. The fourth-order valence-electron chi connectivity index (χ4n) is 2.11. The SMILES string of the molecule is Cc1cccc(C(=O)N(C)CC2CC2C)c1Br. The molecule has 0 aromatic heterocycles. The van der Waals surface area contributed by atoms with Gasteiger partial charge in [-0.15, -0.1) is 0 Å². The molecule has 0 spiro atoms. The zero-order chi connectivity index (χ0) is 12.6. The van der Waals surface area contributed by atoms with Gasteiger partial charge in [0.15, 0.2) is 0 Å². The smallest absolute Gasteiger partial charge is 0.254 e. The summed E-state index contributed by atoms with van der Waals surface area (Å²) >= 11 is 3.50. The molecule has 0 heterocycles. The molecule has 1 amide bonds. The van der Waals surface area contributed by atoms with Crippen LogP contribution in [0, 0.1) is 18.8 Å². The van der Waals surface area contributed by atoms with Crippen molar-refractivity contribution in [3.05, 3.63) is 33.8 Å². The van der Waals surface area contributed by atoms with Crippen molar-refractivity contribution in [2.45, 2.75) is 20.3 Å². The average molecular weight is 296 g/mol. The van der Waals surface area contributed by atoms with Gasteiger partial charge in [-0.2, -0.15) is 0 Å². The molecule has 1 aromatic carbocycles. The highest BCUT2D eigenvalue weighted by Gasteiger charge is 2.34. The lowest BCUT2D eigenvalue weighted by Gasteiger charge is -2.18. The second-order valence-electron chi connectivity index (χ2n) is 5.10. The predicted molar refractivity (Wildman–Crippen MR) is 73.1 cm³/mol. The van der Waals surface area contributed by atoms with Crippen LogP contribution in [0.3, 0.4) is 0 Å². The van der Waals surface area contributed by atoms with E-state index in [1.165, 1.54) is 6.42 Å². The Hall–Kier alpha value is -0.830. The minimum absolute atomic E-state index is 0.111.